The molecule has 1 amide bonds. The normalized spacial score (nSPS) is 20.1. The smallest absolute Gasteiger partial charge is 0.280 e. The third-order valence-electron chi connectivity index (χ3n) is 5.09. The molecule has 1 aliphatic rings. The van der Waals surface area contributed by atoms with Crippen molar-refractivity contribution in [2.45, 2.75) is 25.7 Å². The van der Waals surface area contributed by atoms with Crippen LogP contribution in [0.15, 0.2) is 30.7 Å². The lowest BCUT2D eigenvalue weighted by molar-refractivity contribution is 0.0659. The minimum Gasteiger partial charge on any atom is -0.337 e. The van der Waals surface area contributed by atoms with Crippen LogP contribution in [-0.2, 0) is 0 Å². The number of nitrogens with zero attached hydrogens (tertiary/aromatic N) is 6. The summed E-state index contributed by atoms with van der Waals surface area (Å²) in [7, 11) is 0. The third kappa shape index (κ3) is 3.30. The van der Waals surface area contributed by atoms with E-state index in [1.54, 1.807) is 4.90 Å². The van der Waals surface area contributed by atoms with Crippen LogP contribution < -0.4 is 0 Å². The topological polar surface area (TPSA) is 76.3 Å². The molecule has 3 aromatic heterocycles. The highest BCUT2D eigenvalue weighted by Crippen LogP contribution is 2.34. The summed E-state index contributed by atoms with van der Waals surface area (Å²) < 4.78 is 41.1. The maximum Gasteiger partial charge on any atom is 0.280 e. The van der Waals surface area contributed by atoms with Crippen LogP contribution in [0.4, 0.5) is 13.2 Å². The first-order valence-electron chi connectivity index (χ1n) is 8.83. The molecule has 2 atom stereocenters. The summed E-state index contributed by atoms with van der Waals surface area (Å²) in [6.45, 7) is 2.82. The average molecular weight is 390 g/mol. The van der Waals surface area contributed by atoms with E-state index in [2.05, 4.69) is 20.1 Å². The first-order valence-corrected chi connectivity index (χ1v) is 8.83. The number of rotatable bonds is 3. The first-order chi connectivity index (χ1) is 13.4. The molecule has 1 aliphatic heterocycles. The third-order valence-corrected chi connectivity index (χ3v) is 5.09. The highest BCUT2D eigenvalue weighted by molar-refractivity contribution is 5.92. The molecule has 3 aromatic rings. The van der Waals surface area contributed by atoms with Crippen molar-refractivity contribution in [3.05, 3.63) is 53.6 Å². The number of alkyl halides is 2. The van der Waals surface area contributed by atoms with Crippen molar-refractivity contribution in [2.24, 2.45) is 5.92 Å². The minimum atomic E-state index is -2.74. The summed E-state index contributed by atoms with van der Waals surface area (Å²) in [5.74, 6) is -0.849. The molecule has 7 nitrogen and oxygen atoms in total. The highest BCUT2D eigenvalue weighted by atomic mass is 19.3. The van der Waals surface area contributed by atoms with Crippen molar-refractivity contribution in [3.8, 4) is 0 Å². The molecule has 4 heterocycles. The Morgan fingerprint density at radius 2 is 2.11 bits per heavy atom. The van der Waals surface area contributed by atoms with E-state index in [9.17, 15) is 18.0 Å². The lowest BCUT2D eigenvalue weighted by Crippen LogP contribution is -2.43. The Kier molecular flexibility index (Phi) is 4.70. The number of aromatic nitrogens is 5. The van der Waals surface area contributed by atoms with Crippen molar-refractivity contribution >= 4 is 11.7 Å². The van der Waals surface area contributed by atoms with Crippen molar-refractivity contribution in [3.63, 3.8) is 0 Å². The van der Waals surface area contributed by atoms with Gasteiger partial charge in [-0.15, -0.1) is 0 Å². The maximum atomic E-state index is 13.3. The Labute approximate surface area is 158 Å². The van der Waals surface area contributed by atoms with Gasteiger partial charge in [0.2, 0.25) is 0 Å². The Bertz CT molecular complexity index is 1010. The fourth-order valence-corrected chi connectivity index (χ4v) is 3.53. The minimum absolute atomic E-state index is 0.101. The molecule has 0 saturated carbocycles. The molecule has 0 N–H and O–H groups in total. The van der Waals surface area contributed by atoms with Gasteiger partial charge < -0.3 is 4.90 Å². The van der Waals surface area contributed by atoms with Gasteiger partial charge in [0.05, 0.1) is 11.9 Å². The summed E-state index contributed by atoms with van der Waals surface area (Å²) in [6, 6.07) is 3.85. The summed E-state index contributed by atoms with van der Waals surface area (Å²) in [5.41, 5.74) is 0.310. The standard InChI is InChI=1S/C18H17F3N6O/c1-10-4-5-26(17(28)13-3-2-11(19)7-22-13)8-12(10)15-6-14(16(20)21)25-18-23-9-24-27(15)18/h2-3,6-7,9-10,12,16H,4-5,8H2,1H3/t10?,12-/m1/s1. The zero-order valence-electron chi connectivity index (χ0n) is 15.0. The van der Waals surface area contributed by atoms with Gasteiger partial charge in [0.25, 0.3) is 18.1 Å². The van der Waals surface area contributed by atoms with Gasteiger partial charge in [0.15, 0.2) is 0 Å². The van der Waals surface area contributed by atoms with E-state index in [0.717, 1.165) is 6.20 Å². The predicted octanol–water partition coefficient (Wildman–Crippen LogP) is 2.86. The summed E-state index contributed by atoms with van der Waals surface area (Å²) >= 11 is 0. The monoisotopic (exact) mass is 390 g/mol. The van der Waals surface area contributed by atoms with Gasteiger partial charge in [-0.05, 0) is 30.5 Å². The quantitative estimate of drug-likeness (QED) is 0.687. The fourth-order valence-electron chi connectivity index (χ4n) is 3.53. The molecule has 0 radical (unpaired) electrons. The second-order valence-corrected chi connectivity index (χ2v) is 6.86. The molecule has 1 saturated heterocycles. The number of piperidine rings is 1. The number of carbonyl (C=O) groups excluding carboxylic acids is 1. The number of pyridine rings is 1. The van der Waals surface area contributed by atoms with Gasteiger partial charge >= 0.3 is 0 Å². The van der Waals surface area contributed by atoms with Crippen LogP contribution in [-0.4, -0.2) is 48.5 Å². The zero-order chi connectivity index (χ0) is 19.8. The molecule has 1 fully saturated rings. The number of amides is 1. The zero-order valence-corrected chi connectivity index (χ0v) is 15.0. The van der Waals surface area contributed by atoms with E-state index >= 15 is 0 Å². The molecular formula is C18H17F3N6O. The molecule has 1 unspecified atom stereocenters. The number of halogens is 3. The Morgan fingerprint density at radius 3 is 2.82 bits per heavy atom. The van der Waals surface area contributed by atoms with Gasteiger partial charge in [0.1, 0.15) is 23.5 Å². The average Bonchev–Trinajstić information content (AvgIpc) is 3.16. The van der Waals surface area contributed by atoms with Crippen LogP contribution in [0.5, 0.6) is 0 Å². The Hall–Kier alpha value is -3.04. The van der Waals surface area contributed by atoms with E-state index in [4.69, 9.17) is 0 Å². The number of fused-ring (bicyclic) bond motifs is 1. The number of hydrogen-bond donors (Lipinski definition) is 0. The Balaban J connectivity index is 1.67. The van der Waals surface area contributed by atoms with Crippen LogP contribution in [0, 0.1) is 11.7 Å². The molecule has 28 heavy (non-hydrogen) atoms. The second kappa shape index (κ2) is 7.17. The SMILES string of the molecule is CC1CCN(C(=O)c2ccc(F)cn2)C[C@H]1c1cc(C(F)F)nc2ncnn12. The van der Waals surface area contributed by atoms with E-state index in [0.29, 0.717) is 25.2 Å². The summed E-state index contributed by atoms with van der Waals surface area (Å²) in [5, 5.41) is 4.11. The van der Waals surface area contributed by atoms with E-state index in [1.807, 2.05) is 6.92 Å². The van der Waals surface area contributed by atoms with Gasteiger partial charge in [-0.3, -0.25) is 4.79 Å². The van der Waals surface area contributed by atoms with Crippen molar-refractivity contribution in [2.75, 3.05) is 13.1 Å². The lowest BCUT2D eigenvalue weighted by Gasteiger charge is -2.37. The second-order valence-electron chi connectivity index (χ2n) is 6.86. The van der Waals surface area contributed by atoms with Crippen LogP contribution in [0.3, 0.4) is 0 Å². The highest BCUT2D eigenvalue weighted by Gasteiger charge is 2.33. The van der Waals surface area contributed by atoms with Crippen LogP contribution >= 0.6 is 0 Å². The van der Waals surface area contributed by atoms with E-state index in [1.165, 1.54) is 29.0 Å². The molecule has 0 aromatic carbocycles. The van der Waals surface area contributed by atoms with Crippen molar-refractivity contribution in [1.82, 2.24) is 29.5 Å². The van der Waals surface area contributed by atoms with Crippen molar-refractivity contribution in [1.29, 1.82) is 0 Å². The maximum absolute atomic E-state index is 13.3. The molecule has 4 rings (SSSR count). The molecular weight excluding hydrogens is 373 g/mol. The van der Waals surface area contributed by atoms with Gasteiger partial charge in [-0.1, -0.05) is 6.92 Å². The largest absolute Gasteiger partial charge is 0.337 e. The van der Waals surface area contributed by atoms with Gasteiger partial charge in [-0.25, -0.2) is 27.7 Å². The van der Waals surface area contributed by atoms with Gasteiger partial charge in [0, 0.05) is 19.0 Å². The lowest BCUT2D eigenvalue weighted by atomic mass is 9.84. The number of hydrogen-bond acceptors (Lipinski definition) is 5. The fraction of sp³-hybridized carbons (Fsp3) is 0.389. The van der Waals surface area contributed by atoms with Crippen LogP contribution in [0.25, 0.3) is 5.78 Å². The molecule has 10 heteroatoms. The van der Waals surface area contributed by atoms with Crippen LogP contribution in [0.2, 0.25) is 0 Å². The number of carbonyl (C=O) groups is 1. The Morgan fingerprint density at radius 1 is 1.29 bits per heavy atom. The summed E-state index contributed by atoms with van der Waals surface area (Å²) in [6.07, 6.45) is 0.203. The van der Waals surface area contributed by atoms with Crippen LogP contribution in [0.1, 0.15) is 47.6 Å². The van der Waals surface area contributed by atoms with Crippen molar-refractivity contribution < 1.29 is 18.0 Å². The molecule has 146 valence electrons. The molecule has 0 aliphatic carbocycles. The predicted molar refractivity (Wildman–Crippen MR) is 92.4 cm³/mol. The molecule has 0 bridgehead atoms. The first kappa shape index (κ1) is 18.3. The van der Waals surface area contributed by atoms with Gasteiger partial charge in [-0.2, -0.15) is 10.1 Å². The molecule has 0 spiro atoms. The van der Waals surface area contributed by atoms with E-state index < -0.39 is 12.2 Å². The number of likely N-dealkylation sites (tertiary alicyclic amines) is 1. The van der Waals surface area contributed by atoms with E-state index in [-0.39, 0.29) is 34.9 Å². The summed E-state index contributed by atoms with van der Waals surface area (Å²) in [4.78, 5) is 26.0.